The molecule has 0 spiro atoms. The number of allylic oxidation sites excluding steroid dienone is 3. The molecule has 0 fully saturated rings. The number of carbonyl (C=O) groups excluding carboxylic acids is 1. The number of esters is 1. The maximum absolute atomic E-state index is 11.6. The van der Waals surface area contributed by atoms with Gasteiger partial charge in [-0.25, -0.2) is 4.79 Å². The molecule has 0 saturated carbocycles. The summed E-state index contributed by atoms with van der Waals surface area (Å²) in [5, 5.41) is 0. The van der Waals surface area contributed by atoms with Crippen LogP contribution in [0.1, 0.15) is 25.0 Å². The number of ether oxygens (including phenoxy) is 1. The van der Waals surface area contributed by atoms with Gasteiger partial charge in [0, 0.05) is 0 Å². The smallest absolute Gasteiger partial charge is 0.337 e. The molecule has 0 unspecified atom stereocenters. The second-order valence-corrected chi connectivity index (χ2v) is 4.33. The van der Waals surface area contributed by atoms with Crippen molar-refractivity contribution in [2.75, 3.05) is 7.11 Å². The van der Waals surface area contributed by atoms with Crippen LogP contribution in [0.5, 0.6) is 0 Å². The molecule has 0 radical (unpaired) electrons. The summed E-state index contributed by atoms with van der Waals surface area (Å²) in [6.45, 7) is 11.6. The average Bonchev–Trinajstić information content (AvgIpc) is 2.50. The van der Waals surface area contributed by atoms with Crippen molar-refractivity contribution < 1.29 is 9.53 Å². The predicted octanol–water partition coefficient (Wildman–Crippen LogP) is 4.41. The van der Waals surface area contributed by atoms with Crippen LogP contribution in [0.3, 0.4) is 0 Å². The first-order valence-electron chi connectivity index (χ1n) is 6.39. The van der Waals surface area contributed by atoms with Crippen LogP contribution in [0.4, 0.5) is 0 Å². The minimum Gasteiger partial charge on any atom is -0.465 e. The second kappa shape index (κ2) is 7.29. The van der Waals surface area contributed by atoms with E-state index in [1.807, 2.05) is 31.2 Å². The first kappa shape index (κ1) is 15.7. The first-order chi connectivity index (χ1) is 9.54. The van der Waals surface area contributed by atoms with Crippen LogP contribution in [0.15, 0.2) is 60.7 Å². The lowest BCUT2D eigenvalue weighted by molar-refractivity contribution is -0.135. The summed E-state index contributed by atoms with van der Waals surface area (Å²) >= 11 is 0. The van der Waals surface area contributed by atoms with Crippen molar-refractivity contribution in [2.24, 2.45) is 0 Å². The van der Waals surface area contributed by atoms with Crippen LogP contribution in [-0.2, 0) is 9.53 Å². The van der Waals surface area contributed by atoms with Gasteiger partial charge in [0.25, 0.3) is 0 Å². The largest absolute Gasteiger partial charge is 0.465 e. The van der Waals surface area contributed by atoms with E-state index in [4.69, 9.17) is 4.74 Å². The van der Waals surface area contributed by atoms with Gasteiger partial charge in [0.2, 0.25) is 0 Å². The van der Waals surface area contributed by atoms with E-state index in [0.717, 1.165) is 22.3 Å². The fourth-order valence-corrected chi connectivity index (χ4v) is 1.86. The maximum Gasteiger partial charge on any atom is 0.337 e. The highest BCUT2D eigenvalue weighted by Gasteiger charge is 2.09. The molecule has 1 aromatic carbocycles. The second-order valence-electron chi connectivity index (χ2n) is 4.33. The molecule has 1 rings (SSSR count). The summed E-state index contributed by atoms with van der Waals surface area (Å²) in [5.74, 6) is -0.350. The van der Waals surface area contributed by atoms with Crippen molar-refractivity contribution in [1.82, 2.24) is 0 Å². The molecule has 20 heavy (non-hydrogen) atoms. The van der Waals surface area contributed by atoms with Gasteiger partial charge < -0.3 is 4.74 Å². The Kier molecular flexibility index (Phi) is 5.73. The first-order valence-corrected chi connectivity index (χ1v) is 6.39. The highest BCUT2D eigenvalue weighted by atomic mass is 16.5. The zero-order chi connectivity index (χ0) is 15.1. The van der Waals surface area contributed by atoms with Crippen molar-refractivity contribution in [3.63, 3.8) is 0 Å². The number of methoxy groups -OCH3 is 1. The molecule has 104 valence electrons. The van der Waals surface area contributed by atoms with Gasteiger partial charge in [0.1, 0.15) is 0 Å². The number of benzene rings is 1. The predicted molar refractivity (Wildman–Crippen MR) is 85.1 cm³/mol. The Morgan fingerprint density at radius 1 is 1.30 bits per heavy atom. The minimum absolute atomic E-state index is 0.350. The number of hydrogen-bond donors (Lipinski definition) is 0. The molecule has 0 aliphatic heterocycles. The Labute approximate surface area is 120 Å². The Morgan fingerprint density at radius 2 is 1.95 bits per heavy atom. The summed E-state index contributed by atoms with van der Waals surface area (Å²) in [5.41, 5.74) is 4.32. The summed E-state index contributed by atoms with van der Waals surface area (Å²) in [4.78, 5) is 11.6. The maximum atomic E-state index is 11.6. The standard InChI is InChI=1S/C18H20O2/c1-6-15-10-8-9-11-17(15)14(4)13(3)12-16(7-2)18(19)20-5/h6-12H,1,4H2,2-3,5H3. The van der Waals surface area contributed by atoms with E-state index < -0.39 is 0 Å². The monoisotopic (exact) mass is 268 g/mol. The fraction of sp³-hybridized carbons (Fsp3) is 0.167. The Bertz CT molecular complexity index is 589. The third kappa shape index (κ3) is 3.58. The van der Waals surface area contributed by atoms with Gasteiger partial charge in [-0.1, -0.05) is 49.6 Å². The number of carbonyl (C=O) groups is 1. The molecule has 0 bridgehead atoms. The average molecular weight is 268 g/mol. The lowest BCUT2D eigenvalue weighted by Gasteiger charge is -2.10. The van der Waals surface area contributed by atoms with Gasteiger partial charge >= 0.3 is 5.97 Å². The van der Waals surface area contributed by atoms with E-state index in [0.29, 0.717) is 5.57 Å². The molecule has 0 heterocycles. The normalized spacial score (nSPS) is 11.9. The summed E-state index contributed by atoms with van der Waals surface area (Å²) in [7, 11) is 1.37. The molecule has 2 heteroatoms. The van der Waals surface area contributed by atoms with E-state index in [1.165, 1.54) is 7.11 Å². The Hall–Kier alpha value is -2.35. The molecule has 2 nitrogen and oxygen atoms in total. The summed E-state index contributed by atoms with van der Waals surface area (Å²) < 4.78 is 4.74. The Balaban J connectivity index is 3.14. The summed E-state index contributed by atoms with van der Waals surface area (Å²) in [6, 6.07) is 7.89. The quantitative estimate of drug-likeness (QED) is 0.449. The van der Waals surface area contributed by atoms with Crippen LogP contribution in [0, 0.1) is 0 Å². The van der Waals surface area contributed by atoms with Gasteiger partial charge in [0.15, 0.2) is 0 Å². The van der Waals surface area contributed by atoms with Crippen LogP contribution in [0.25, 0.3) is 11.6 Å². The highest BCUT2D eigenvalue weighted by molar-refractivity contribution is 5.93. The van der Waals surface area contributed by atoms with Crippen molar-refractivity contribution in [3.05, 3.63) is 71.8 Å². The molecule has 0 aliphatic rings. The van der Waals surface area contributed by atoms with Crippen LogP contribution < -0.4 is 0 Å². The zero-order valence-electron chi connectivity index (χ0n) is 12.3. The third-order valence-corrected chi connectivity index (χ3v) is 3.09. The SMILES string of the molecule is C=Cc1ccccc1C(=C)C(C)=CC(=CC)C(=O)OC. The van der Waals surface area contributed by atoms with E-state index >= 15 is 0 Å². The third-order valence-electron chi connectivity index (χ3n) is 3.09. The lowest BCUT2D eigenvalue weighted by atomic mass is 9.94. The zero-order valence-corrected chi connectivity index (χ0v) is 12.3. The van der Waals surface area contributed by atoms with E-state index in [9.17, 15) is 4.79 Å². The topological polar surface area (TPSA) is 26.3 Å². The van der Waals surface area contributed by atoms with Gasteiger partial charge in [-0.05, 0) is 42.2 Å². The van der Waals surface area contributed by atoms with Crippen molar-refractivity contribution in [1.29, 1.82) is 0 Å². The molecule has 0 N–H and O–H groups in total. The molecule has 0 aromatic heterocycles. The molecule has 1 aromatic rings. The Morgan fingerprint density at radius 3 is 2.50 bits per heavy atom. The van der Waals surface area contributed by atoms with Gasteiger partial charge in [-0.15, -0.1) is 0 Å². The van der Waals surface area contributed by atoms with Crippen LogP contribution in [0.2, 0.25) is 0 Å². The molecule has 0 saturated heterocycles. The van der Waals surface area contributed by atoms with Crippen molar-refractivity contribution >= 4 is 17.6 Å². The van der Waals surface area contributed by atoms with Gasteiger partial charge in [-0.3, -0.25) is 0 Å². The van der Waals surface area contributed by atoms with E-state index in [2.05, 4.69) is 13.2 Å². The molecular weight excluding hydrogens is 248 g/mol. The summed E-state index contributed by atoms with van der Waals surface area (Å²) in [6.07, 6.45) is 5.31. The van der Waals surface area contributed by atoms with Crippen LogP contribution >= 0.6 is 0 Å². The van der Waals surface area contributed by atoms with Crippen molar-refractivity contribution in [2.45, 2.75) is 13.8 Å². The van der Waals surface area contributed by atoms with Crippen LogP contribution in [-0.4, -0.2) is 13.1 Å². The van der Waals surface area contributed by atoms with Gasteiger partial charge in [0.05, 0.1) is 12.7 Å². The number of rotatable bonds is 5. The molecule has 0 aliphatic carbocycles. The van der Waals surface area contributed by atoms with E-state index in [1.54, 1.807) is 25.2 Å². The van der Waals surface area contributed by atoms with Gasteiger partial charge in [-0.2, -0.15) is 0 Å². The number of hydrogen-bond acceptors (Lipinski definition) is 2. The fourth-order valence-electron chi connectivity index (χ4n) is 1.86. The molecule has 0 amide bonds. The van der Waals surface area contributed by atoms with E-state index in [-0.39, 0.29) is 5.97 Å². The highest BCUT2D eigenvalue weighted by Crippen LogP contribution is 2.26. The lowest BCUT2D eigenvalue weighted by Crippen LogP contribution is -2.03. The minimum atomic E-state index is -0.350. The molecular formula is C18H20O2. The molecule has 0 atom stereocenters. The van der Waals surface area contributed by atoms with Crippen molar-refractivity contribution in [3.8, 4) is 0 Å².